The maximum Gasteiger partial charge on any atom is 0.238 e. The van der Waals surface area contributed by atoms with E-state index in [1.54, 1.807) is 6.20 Å². The highest BCUT2D eigenvalue weighted by molar-refractivity contribution is 5.84. The molecule has 4 aromatic rings. The van der Waals surface area contributed by atoms with Crippen LogP contribution in [0.1, 0.15) is 11.4 Å². The summed E-state index contributed by atoms with van der Waals surface area (Å²) in [6, 6.07) is 25.3. The SMILES string of the molecule is CN1CCOc2nc(-c3ccc(CN4CCN(c5ccnc(C#N)n5)CC4)cc3)c(-c3ccccc3)cc21. The van der Waals surface area contributed by atoms with Gasteiger partial charge in [-0.15, -0.1) is 0 Å². The fourth-order valence-corrected chi connectivity index (χ4v) is 5.06. The van der Waals surface area contributed by atoms with Crippen molar-refractivity contribution in [1.82, 2.24) is 19.9 Å². The molecule has 0 atom stereocenters. The molecule has 0 N–H and O–H groups in total. The third-order valence-electron chi connectivity index (χ3n) is 7.20. The first-order chi connectivity index (χ1) is 18.7. The van der Waals surface area contributed by atoms with Crippen LogP contribution in [-0.4, -0.2) is 66.2 Å². The smallest absolute Gasteiger partial charge is 0.238 e. The molecule has 0 bridgehead atoms. The molecule has 0 saturated carbocycles. The molecular formula is C30H29N7O. The lowest BCUT2D eigenvalue weighted by Crippen LogP contribution is -2.46. The predicted molar refractivity (Wildman–Crippen MR) is 148 cm³/mol. The van der Waals surface area contributed by atoms with Gasteiger partial charge in [0.1, 0.15) is 24.2 Å². The molecule has 190 valence electrons. The third kappa shape index (κ3) is 4.89. The Labute approximate surface area is 222 Å². The standard InChI is InChI=1S/C30H29N7O/c1-35-17-18-38-30-26(35)19-25(23-5-3-2-4-6-23)29(34-30)24-9-7-22(8-10-24)21-36-13-15-37(16-14-36)28-11-12-32-27(20-31)33-28/h2-12,19H,13-18,21H2,1H3. The molecule has 0 spiro atoms. The van der Waals surface area contributed by atoms with Crippen molar-refractivity contribution >= 4 is 11.5 Å². The topological polar surface area (TPSA) is 81.4 Å². The number of pyridine rings is 1. The molecular weight excluding hydrogens is 474 g/mol. The number of benzene rings is 2. The Kier molecular flexibility index (Phi) is 6.59. The van der Waals surface area contributed by atoms with Gasteiger partial charge in [0.2, 0.25) is 11.7 Å². The summed E-state index contributed by atoms with van der Waals surface area (Å²) in [5.74, 6) is 1.73. The van der Waals surface area contributed by atoms with E-state index in [-0.39, 0.29) is 5.82 Å². The van der Waals surface area contributed by atoms with Gasteiger partial charge in [-0.25, -0.2) is 15.0 Å². The Bertz CT molecular complexity index is 1460. The van der Waals surface area contributed by atoms with Gasteiger partial charge < -0.3 is 14.5 Å². The molecule has 4 heterocycles. The van der Waals surface area contributed by atoms with E-state index in [9.17, 15) is 0 Å². The average Bonchev–Trinajstić information content (AvgIpc) is 2.98. The van der Waals surface area contributed by atoms with Crippen LogP contribution in [0.5, 0.6) is 5.88 Å². The predicted octanol–water partition coefficient (Wildman–Crippen LogP) is 4.23. The molecule has 2 aliphatic heterocycles. The summed E-state index contributed by atoms with van der Waals surface area (Å²) in [7, 11) is 2.09. The zero-order valence-electron chi connectivity index (χ0n) is 21.4. The zero-order valence-corrected chi connectivity index (χ0v) is 21.4. The number of ether oxygens (including phenoxy) is 1. The lowest BCUT2D eigenvalue weighted by Gasteiger charge is -2.35. The number of anilines is 2. The quantitative estimate of drug-likeness (QED) is 0.400. The van der Waals surface area contributed by atoms with E-state index >= 15 is 0 Å². The second-order valence-electron chi connectivity index (χ2n) is 9.66. The van der Waals surface area contributed by atoms with Crippen LogP contribution < -0.4 is 14.5 Å². The molecule has 2 aromatic heterocycles. The summed E-state index contributed by atoms with van der Waals surface area (Å²) < 4.78 is 5.94. The largest absolute Gasteiger partial charge is 0.474 e. The fraction of sp³-hybridized carbons (Fsp3) is 0.267. The van der Waals surface area contributed by atoms with E-state index in [0.29, 0.717) is 12.5 Å². The van der Waals surface area contributed by atoms with Crippen LogP contribution >= 0.6 is 0 Å². The Morgan fingerprint density at radius 1 is 0.895 bits per heavy atom. The van der Waals surface area contributed by atoms with Crippen LogP contribution in [-0.2, 0) is 6.54 Å². The summed E-state index contributed by atoms with van der Waals surface area (Å²) in [4.78, 5) is 20.2. The van der Waals surface area contributed by atoms with E-state index in [2.05, 4.69) is 86.3 Å². The molecule has 0 unspecified atom stereocenters. The summed E-state index contributed by atoms with van der Waals surface area (Å²) >= 11 is 0. The number of nitrogens with zero attached hydrogens (tertiary/aromatic N) is 7. The van der Waals surface area contributed by atoms with E-state index in [0.717, 1.165) is 73.2 Å². The van der Waals surface area contributed by atoms with Crippen molar-refractivity contribution in [1.29, 1.82) is 5.26 Å². The molecule has 0 amide bonds. The molecule has 2 aliphatic rings. The van der Waals surface area contributed by atoms with Gasteiger partial charge in [0.25, 0.3) is 0 Å². The summed E-state index contributed by atoms with van der Waals surface area (Å²) in [6.45, 7) is 5.99. The maximum atomic E-state index is 9.08. The number of rotatable bonds is 5. The minimum Gasteiger partial charge on any atom is -0.474 e. The van der Waals surface area contributed by atoms with Gasteiger partial charge in [-0.05, 0) is 23.3 Å². The van der Waals surface area contributed by atoms with Crippen molar-refractivity contribution < 1.29 is 4.74 Å². The first-order valence-electron chi connectivity index (χ1n) is 12.9. The average molecular weight is 504 g/mol. The second-order valence-corrected chi connectivity index (χ2v) is 9.66. The fourth-order valence-electron chi connectivity index (χ4n) is 5.06. The molecule has 8 nitrogen and oxygen atoms in total. The first kappa shape index (κ1) is 23.9. The minimum absolute atomic E-state index is 0.215. The molecule has 1 saturated heterocycles. The van der Waals surface area contributed by atoms with Crippen LogP contribution in [0.2, 0.25) is 0 Å². The molecule has 1 fully saturated rings. The van der Waals surface area contributed by atoms with Gasteiger partial charge in [0.15, 0.2) is 0 Å². The number of aromatic nitrogens is 3. The van der Waals surface area contributed by atoms with Crippen LogP contribution in [0, 0.1) is 11.3 Å². The van der Waals surface area contributed by atoms with E-state index in [1.165, 1.54) is 5.56 Å². The van der Waals surface area contributed by atoms with Crippen molar-refractivity contribution in [2.24, 2.45) is 0 Å². The minimum atomic E-state index is 0.215. The number of piperazine rings is 1. The highest BCUT2D eigenvalue weighted by atomic mass is 16.5. The van der Waals surface area contributed by atoms with Crippen molar-refractivity contribution in [3.05, 3.63) is 84.3 Å². The van der Waals surface area contributed by atoms with Crippen LogP contribution in [0.3, 0.4) is 0 Å². The molecule has 2 aromatic carbocycles. The van der Waals surface area contributed by atoms with E-state index in [4.69, 9.17) is 15.0 Å². The Balaban J connectivity index is 1.19. The van der Waals surface area contributed by atoms with E-state index in [1.807, 2.05) is 18.2 Å². The number of fused-ring (bicyclic) bond motifs is 1. The third-order valence-corrected chi connectivity index (χ3v) is 7.20. The van der Waals surface area contributed by atoms with Crippen molar-refractivity contribution in [3.63, 3.8) is 0 Å². The second kappa shape index (κ2) is 10.5. The Morgan fingerprint density at radius 3 is 2.45 bits per heavy atom. The van der Waals surface area contributed by atoms with Gasteiger partial charge in [-0.2, -0.15) is 5.26 Å². The number of hydrogen-bond acceptors (Lipinski definition) is 8. The van der Waals surface area contributed by atoms with Gasteiger partial charge in [0, 0.05) is 57.1 Å². The van der Waals surface area contributed by atoms with Crippen LogP contribution in [0.15, 0.2) is 72.9 Å². The Hall–Kier alpha value is -4.48. The Morgan fingerprint density at radius 2 is 1.68 bits per heavy atom. The van der Waals surface area contributed by atoms with Gasteiger partial charge in [-0.1, -0.05) is 54.6 Å². The summed E-state index contributed by atoms with van der Waals surface area (Å²) in [6.07, 6.45) is 1.65. The monoisotopic (exact) mass is 503 g/mol. The molecule has 0 aliphatic carbocycles. The molecule has 0 radical (unpaired) electrons. The molecule has 6 rings (SSSR count). The lowest BCUT2D eigenvalue weighted by atomic mass is 9.97. The van der Waals surface area contributed by atoms with Crippen molar-refractivity contribution in [2.45, 2.75) is 6.54 Å². The first-order valence-corrected chi connectivity index (χ1v) is 12.9. The van der Waals surface area contributed by atoms with Crippen molar-refractivity contribution in [3.8, 4) is 34.3 Å². The highest BCUT2D eigenvalue weighted by Crippen LogP contribution is 2.39. The zero-order chi connectivity index (χ0) is 25.9. The van der Waals surface area contributed by atoms with Crippen LogP contribution in [0.4, 0.5) is 11.5 Å². The summed E-state index contributed by atoms with van der Waals surface area (Å²) in [5, 5.41) is 9.08. The lowest BCUT2D eigenvalue weighted by molar-refractivity contribution is 0.249. The van der Waals surface area contributed by atoms with Crippen molar-refractivity contribution in [2.75, 3.05) is 56.2 Å². The number of hydrogen-bond donors (Lipinski definition) is 0. The maximum absolute atomic E-state index is 9.08. The normalized spacial score (nSPS) is 15.5. The number of likely N-dealkylation sites (N-methyl/N-ethyl adjacent to an activating group) is 1. The van der Waals surface area contributed by atoms with Gasteiger partial charge in [-0.3, -0.25) is 4.90 Å². The van der Waals surface area contributed by atoms with Crippen LogP contribution in [0.25, 0.3) is 22.4 Å². The number of nitriles is 1. The van der Waals surface area contributed by atoms with Gasteiger partial charge in [0.05, 0.1) is 12.2 Å². The van der Waals surface area contributed by atoms with E-state index < -0.39 is 0 Å². The molecule has 38 heavy (non-hydrogen) atoms. The highest BCUT2D eigenvalue weighted by Gasteiger charge is 2.22. The summed E-state index contributed by atoms with van der Waals surface area (Å²) in [5.41, 5.74) is 6.56. The van der Waals surface area contributed by atoms with Gasteiger partial charge >= 0.3 is 0 Å². The molecule has 8 heteroatoms.